The number of aromatic nitrogens is 3. The van der Waals surface area contributed by atoms with Crippen molar-refractivity contribution < 1.29 is 9.53 Å². The molecule has 7 nitrogen and oxygen atoms in total. The molecule has 1 aliphatic heterocycles. The van der Waals surface area contributed by atoms with Crippen LogP contribution in [-0.2, 0) is 4.74 Å². The van der Waals surface area contributed by atoms with E-state index in [0.29, 0.717) is 36.0 Å². The van der Waals surface area contributed by atoms with E-state index in [4.69, 9.17) is 16.3 Å². The molecule has 0 saturated carbocycles. The average Bonchev–Trinajstić information content (AvgIpc) is 3.27. The van der Waals surface area contributed by atoms with Gasteiger partial charge in [0.2, 0.25) is 0 Å². The summed E-state index contributed by atoms with van der Waals surface area (Å²) in [6.45, 7) is 5.45. The second-order valence-corrected chi connectivity index (χ2v) is 8.79. The minimum atomic E-state index is -0.136. The maximum absolute atomic E-state index is 13.5. The van der Waals surface area contributed by atoms with Gasteiger partial charge in [0.05, 0.1) is 24.8 Å². The summed E-state index contributed by atoms with van der Waals surface area (Å²) in [5.41, 5.74) is 3.40. The van der Waals surface area contributed by atoms with Crippen LogP contribution in [0.4, 0.5) is 0 Å². The molecule has 1 amide bonds. The van der Waals surface area contributed by atoms with Gasteiger partial charge in [0.25, 0.3) is 5.91 Å². The van der Waals surface area contributed by atoms with Crippen LogP contribution < -0.4 is 5.32 Å². The van der Waals surface area contributed by atoms with Crippen molar-refractivity contribution >= 4 is 28.5 Å². The Hall–Kier alpha value is -3.26. The van der Waals surface area contributed by atoms with Gasteiger partial charge < -0.3 is 10.1 Å². The van der Waals surface area contributed by atoms with Crippen molar-refractivity contribution in [2.24, 2.45) is 0 Å². The van der Waals surface area contributed by atoms with Crippen LogP contribution in [0, 0.1) is 6.92 Å². The van der Waals surface area contributed by atoms with Gasteiger partial charge in [-0.05, 0) is 48.4 Å². The molecule has 4 heterocycles. The second-order valence-electron chi connectivity index (χ2n) is 8.35. The van der Waals surface area contributed by atoms with E-state index in [2.05, 4.69) is 20.2 Å². The van der Waals surface area contributed by atoms with Gasteiger partial charge in [-0.1, -0.05) is 29.8 Å². The summed E-state index contributed by atoms with van der Waals surface area (Å²) in [7, 11) is 0. The molecule has 3 aromatic heterocycles. The van der Waals surface area contributed by atoms with Crippen LogP contribution in [0.5, 0.6) is 0 Å². The van der Waals surface area contributed by atoms with Crippen LogP contribution in [0.3, 0.4) is 0 Å². The van der Waals surface area contributed by atoms with Gasteiger partial charge in [0.1, 0.15) is 11.5 Å². The number of hydrogen-bond donors (Lipinski definition) is 1. The first-order valence-electron chi connectivity index (χ1n) is 11.4. The van der Waals surface area contributed by atoms with Crippen LogP contribution in [0.15, 0.2) is 67.1 Å². The number of ether oxygens (including phenoxy) is 1. The zero-order valence-electron chi connectivity index (χ0n) is 18.9. The Kier molecular flexibility index (Phi) is 6.58. The first kappa shape index (κ1) is 22.5. The number of aryl methyl sites for hydroxylation is 1. The summed E-state index contributed by atoms with van der Waals surface area (Å²) in [6.07, 6.45) is 5.32. The van der Waals surface area contributed by atoms with Crippen molar-refractivity contribution in [3.63, 3.8) is 0 Å². The molecule has 8 heteroatoms. The zero-order chi connectivity index (χ0) is 23.5. The second kappa shape index (κ2) is 9.93. The van der Waals surface area contributed by atoms with Crippen molar-refractivity contribution in [1.82, 2.24) is 24.8 Å². The SMILES string of the molecule is Cc1ccnc2c1c(C(=O)NCC(c1ccc(Cl)cc1)N1CCOCC1)cn2-c1ccccn1. The molecule has 1 aromatic carbocycles. The number of halogens is 1. The third-order valence-electron chi connectivity index (χ3n) is 6.23. The number of pyridine rings is 2. The molecule has 4 aromatic rings. The topological polar surface area (TPSA) is 72.3 Å². The quantitative estimate of drug-likeness (QED) is 0.453. The van der Waals surface area contributed by atoms with Crippen LogP contribution in [0.25, 0.3) is 16.9 Å². The predicted octanol–water partition coefficient (Wildman–Crippen LogP) is 4.19. The number of nitrogens with one attached hydrogen (secondary N) is 1. The Morgan fingerprint density at radius 2 is 1.88 bits per heavy atom. The smallest absolute Gasteiger partial charge is 0.253 e. The van der Waals surface area contributed by atoms with E-state index >= 15 is 0 Å². The van der Waals surface area contributed by atoms with E-state index < -0.39 is 0 Å². The normalized spacial score (nSPS) is 15.4. The van der Waals surface area contributed by atoms with Gasteiger partial charge >= 0.3 is 0 Å². The Labute approximate surface area is 203 Å². The maximum atomic E-state index is 13.5. The first-order valence-corrected chi connectivity index (χ1v) is 11.7. The van der Waals surface area contributed by atoms with E-state index in [1.165, 1.54) is 0 Å². The number of rotatable bonds is 6. The van der Waals surface area contributed by atoms with Gasteiger partial charge in [-0.2, -0.15) is 0 Å². The zero-order valence-corrected chi connectivity index (χ0v) is 19.7. The highest BCUT2D eigenvalue weighted by atomic mass is 35.5. The van der Waals surface area contributed by atoms with E-state index in [1.807, 2.05) is 66.2 Å². The third kappa shape index (κ3) is 4.55. The van der Waals surface area contributed by atoms with Crippen molar-refractivity contribution in [2.75, 3.05) is 32.8 Å². The largest absolute Gasteiger partial charge is 0.379 e. The van der Waals surface area contributed by atoms with Crippen molar-refractivity contribution in [1.29, 1.82) is 0 Å². The number of morpholine rings is 1. The molecule has 34 heavy (non-hydrogen) atoms. The molecule has 1 atom stereocenters. The number of amides is 1. The van der Waals surface area contributed by atoms with E-state index in [1.54, 1.807) is 12.4 Å². The number of fused-ring (bicyclic) bond motifs is 1. The Morgan fingerprint density at radius 1 is 1.09 bits per heavy atom. The molecule has 1 unspecified atom stereocenters. The molecule has 0 bridgehead atoms. The summed E-state index contributed by atoms with van der Waals surface area (Å²) in [4.78, 5) is 24.8. The molecule has 1 N–H and O–H groups in total. The lowest BCUT2D eigenvalue weighted by atomic mass is 10.0. The van der Waals surface area contributed by atoms with E-state index in [9.17, 15) is 4.79 Å². The number of carbonyl (C=O) groups excluding carboxylic acids is 1. The molecular weight excluding hydrogens is 450 g/mol. The number of carbonyl (C=O) groups is 1. The monoisotopic (exact) mass is 475 g/mol. The molecular formula is C26H26ClN5O2. The molecule has 1 saturated heterocycles. The van der Waals surface area contributed by atoms with Gasteiger partial charge in [-0.15, -0.1) is 0 Å². The highest BCUT2D eigenvalue weighted by Gasteiger charge is 2.25. The maximum Gasteiger partial charge on any atom is 0.253 e. The first-order chi connectivity index (χ1) is 16.6. The summed E-state index contributed by atoms with van der Waals surface area (Å²) >= 11 is 6.12. The summed E-state index contributed by atoms with van der Waals surface area (Å²) in [5, 5.41) is 4.70. The number of benzene rings is 1. The van der Waals surface area contributed by atoms with Crippen molar-refractivity contribution in [3.8, 4) is 5.82 Å². The minimum Gasteiger partial charge on any atom is -0.379 e. The standard InChI is InChI=1S/C26H26ClN5O2/c1-18-9-11-29-25-24(18)21(17-32(25)23-4-2-3-10-28-23)26(33)30-16-22(31-12-14-34-15-13-31)19-5-7-20(27)8-6-19/h2-11,17,22H,12-16H2,1H3,(H,30,33). The van der Waals surface area contributed by atoms with E-state index in [-0.39, 0.29) is 11.9 Å². The number of hydrogen-bond acceptors (Lipinski definition) is 5. The Bertz CT molecular complexity index is 1280. The van der Waals surface area contributed by atoms with Crippen molar-refractivity contribution in [3.05, 3.63) is 88.8 Å². The molecule has 0 radical (unpaired) electrons. The Morgan fingerprint density at radius 3 is 2.62 bits per heavy atom. The summed E-state index contributed by atoms with van der Waals surface area (Å²) in [5.74, 6) is 0.583. The predicted molar refractivity (Wildman–Crippen MR) is 133 cm³/mol. The van der Waals surface area contributed by atoms with Gasteiger partial charge in [0.15, 0.2) is 0 Å². The lowest BCUT2D eigenvalue weighted by Gasteiger charge is -2.35. The summed E-state index contributed by atoms with van der Waals surface area (Å²) < 4.78 is 7.41. The minimum absolute atomic E-state index is 0.0217. The summed E-state index contributed by atoms with van der Waals surface area (Å²) in [6, 6.07) is 15.5. The lowest BCUT2D eigenvalue weighted by Crippen LogP contribution is -2.43. The fourth-order valence-corrected chi connectivity index (χ4v) is 4.60. The van der Waals surface area contributed by atoms with Crippen molar-refractivity contribution in [2.45, 2.75) is 13.0 Å². The van der Waals surface area contributed by atoms with Crippen LogP contribution in [0.2, 0.25) is 5.02 Å². The molecule has 0 aliphatic carbocycles. The van der Waals surface area contributed by atoms with Crippen LogP contribution in [0.1, 0.15) is 27.5 Å². The Balaban J connectivity index is 1.45. The molecule has 5 rings (SSSR count). The number of nitrogens with zero attached hydrogens (tertiary/aromatic N) is 4. The fourth-order valence-electron chi connectivity index (χ4n) is 4.47. The lowest BCUT2D eigenvalue weighted by molar-refractivity contribution is 0.0162. The average molecular weight is 476 g/mol. The molecule has 174 valence electrons. The van der Waals surface area contributed by atoms with Crippen LogP contribution in [-0.4, -0.2) is 58.2 Å². The highest BCUT2D eigenvalue weighted by Crippen LogP contribution is 2.27. The highest BCUT2D eigenvalue weighted by molar-refractivity contribution is 6.30. The van der Waals surface area contributed by atoms with Gasteiger partial charge in [-0.25, -0.2) is 9.97 Å². The van der Waals surface area contributed by atoms with Gasteiger partial charge in [0, 0.05) is 48.6 Å². The van der Waals surface area contributed by atoms with E-state index in [0.717, 1.165) is 35.4 Å². The third-order valence-corrected chi connectivity index (χ3v) is 6.48. The van der Waals surface area contributed by atoms with Crippen LogP contribution >= 0.6 is 11.6 Å². The molecule has 1 aliphatic rings. The molecule has 1 fully saturated rings. The fraction of sp³-hybridized carbons (Fsp3) is 0.269. The van der Waals surface area contributed by atoms with Gasteiger partial charge in [-0.3, -0.25) is 14.3 Å². The molecule has 0 spiro atoms.